The third-order valence-corrected chi connectivity index (χ3v) is 11.5. The number of hydrogen-bond acceptors (Lipinski definition) is 8. The Morgan fingerprint density at radius 2 is 0.983 bits per heavy atom. The van der Waals surface area contributed by atoms with Crippen LogP contribution in [0.1, 0.15) is 125 Å². The van der Waals surface area contributed by atoms with Crippen molar-refractivity contribution in [2.75, 3.05) is 33.3 Å². The van der Waals surface area contributed by atoms with Gasteiger partial charge < -0.3 is 43.7 Å². The predicted octanol–water partition coefficient (Wildman–Crippen LogP) is 6.63. The molecule has 2 aromatic heterocycles. The molecular weight excluding hydrogens is 764 g/mol. The van der Waals surface area contributed by atoms with Crippen molar-refractivity contribution in [3.8, 4) is 0 Å². The molecule has 2 aromatic carbocycles. The number of methoxy groups -OCH3 is 1. The van der Waals surface area contributed by atoms with E-state index in [-0.39, 0.29) is 65.3 Å². The normalized spacial score (nSPS) is 16.3. The standard InChI is InChI=1S/C23H32N2O4.C22H30N2O4.Na.H2O/c1-15(17-11-13-24(14-12-17)22(27)29-23(3,4)5)25-16(2)20(21(26)28-6)18-9-7-8-10-19(18)25;1-14(16-10-12-23(13-11-16)21(27)28-22(3,4)5)24-15(2)19(20(25)26)17-8-6-7-9-18(17)24;;/h7-10,15,17H,11-14H2,1-6H3;6-9,14,16H,10-13H2,1-5H3,(H,25,26);;1H2/q;;+1;/p-1. The number of esters is 1. The molecule has 2 aliphatic rings. The zero-order valence-electron chi connectivity index (χ0n) is 37.1. The monoisotopic (exact) mass is 826 g/mol. The van der Waals surface area contributed by atoms with Gasteiger partial charge in [-0.3, -0.25) is 0 Å². The number of likely N-dealkylation sites (tertiary alicyclic amines) is 2. The number of carbonyl (C=O) groups is 4. The van der Waals surface area contributed by atoms with Crippen LogP contribution < -0.4 is 29.6 Å². The van der Waals surface area contributed by atoms with Gasteiger partial charge in [0.25, 0.3) is 0 Å². The number of amides is 2. The molecule has 2 amide bonds. The van der Waals surface area contributed by atoms with E-state index in [4.69, 9.17) is 14.2 Å². The van der Waals surface area contributed by atoms with Gasteiger partial charge in [0, 0.05) is 71.5 Å². The number of benzene rings is 2. The second-order valence-electron chi connectivity index (χ2n) is 17.6. The second kappa shape index (κ2) is 20.0. The molecule has 0 aliphatic carbocycles. The van der Waals surface area contributed by atoms with Crippen molar-refractivity contribution in [1.29, 1.82) is 0 Å². The third-order valence-electron chi connectivity index (χ3n) is 11.5. The number of carbonyl (C=O) groups excluding carboxylic acids is 3. The van der Waals surface area contributed by atoms with E-state index in [0.717, 1.165) is 58.9 Å². The van der Waals surface area contributed by atoms with E-state index in [9.17, 15) is 24.3 Å². The summed E-state index contributed by atoms with van der Waals surface area (Å²) in [6.07, 6.45) is 3.05. The number of hydrogen-bond donors (Lipinski definition) is 1. The van der Waals surface area contributed by atoms with Crippen molar-refractivity contribution >= 4 is 45.9 Å². The number of carboxylic acid groups (broad SMARTS) is 1. The summed E-state index contributed by atoms with van der Waals surface area (Å²) in [5.74, 6) is -0.410. The smallest absolute Gasteiger partial charge is 0.870 e. The molecule has 14 heteroatoms. The molecule has 0 radical (unpaired) electrons. The molecule has 59 heavy (non-hydrogen) atoms. The van der Waals surface area contributed by atoms with Gasteiger partial charge in [0.05, 0.1) is 18.2 Å². The van der Waals surface area contributed by atoms with Gasteiger partial charge >= 0.3 is 53.7 Å². The first-order valence-electron chi connectivity index (χ1n) is 20.2. The van der Waals surface area contributed by atoms with Crippen LogP contribution in [-0.4, -0.2) is 98.1 Å². The molecule has 2 atom stereocenters. The molecule has 6 rings (SSSR count). The van der Waals surface area contributed by atoms with Gasteiger partial charge in [0.2, 0.25) is 0 Å². The van der Waals surface area contributed by atoms with E-state index >= 15 is 0 Å². The minimum Gasteiger partial charge on any atom is -0.870 e. The molecule has 4 heterocycles. The molecule has 13 nitrogen and oxygen atoms in total. The van der Waals surface area contributed by atoms with Crippen LogP contribution in [0.5, 0.6) is 0 Å². The number of piperidine rings is 2. The summed E-state index contributed by atoms with van der Waals surface area (Å²) in [6.45, 7) is 22.2. The van der Waals surface area contributed by atoms with Crippen LogP contribution in [-0.2, 0) is 14.2 Å². The number of aromatic carboxylic acids is 1. The van der Waals surface area contributed by atoms with Crippen LogP contribution in [0.2, 0.25) is 0 Å². The molecule has 2 N–H and O–H groups in total. The van der Waals surface area contributed by atoms with Crippen LogP contribution >= 0.6 is 0 Å². The Balaban J connectivity index is 0.000000305. The van der Waals surface area contributed by atoms with Crippen molar-refractivity contribution in [1.82, 2.24) is 18.9 Å². The fraction of sp³-hybridized carbons (Fsp3) is 0.556. The fourth-order valence-corrected chi connectivity index (χ4v) is 8.67. The summed E-state index contributed by atoms with van der Waals surface area (Å²) in [4.78, 5) is 52.4. The largest absolute Gasteiger partial charge is 1.00 e. The Kier molecular flexibility index (Phi) is 16.7. The van der Waals surface area contributed by atoms with Gasteiger partial charge in [-0.25, -0.2) is 19.2 Å². The second-order valence-corrected chi connectivity index (χ2v) is 17.6. The first kappa shape index (κ1) is 49.3. The van der Waals surface area contributed by atoms with Crippen LogP contribution in [0.25, 0.3) is 21.8 Å². The van der Waals surface area contributed by atoms with Crippen molar-refractivity contribution in [3.05, 3.63) is 71.0 Å². The van der Waals surface area contributed by atoms with Crippen LogP contribution in [0, 0.1) is 25.7 Å². The summed E-state index contributed by atoms with van der Waals surface area (Å²) in [6, 6.07) is 16.0. The molecule has 0 spiro atoms. The summed E-state index contributed by atoms with van der Waals surface area (Å²) >= 11 is 0. The molecule has 2 aliphatic heterocycles. The van der Waals surface area contributed by atoms with E-state index in [1.54, 1.807) is 9.80 Å². The minimum absolute atomic E-state index is 0. The van der Waals surface area contributed by atoms with Gasteiger partial charge in [0.15, 0.2) is 0 Å². The Hall–Kier alpha value is -4.04. The number of fused-ring (bicyclic) bond motifs is 2. The third kappa shape index (κ3) is 11.2. The average molecular weight is 827 g/mol. The van der Waals surface area contributed by atoms with E-state index in [1.807, 2.05) is 97.9 Å². The van der Waals surface area contributed by atoms with E-state index in [2.05, 4.69) is 29.0 Å². The molecule has 0 saturated carbocycles. The van der Waals surface area contributed by atoms with Crippen molar-refractivity contribution in [3.63, 3.8) is 0 Å². The SMILES string of the molecule is COC(=O)c1c(C)n(C(C)C2CCN(C(=O)OC(C)(C)C)CC2)c2ccccc12.Cc1c(C(=O)O)c2ccccc2n1C(C)C1CCN(C(=O)OC(C)(C)C)CC1.[Na+].[OH-]. The Bertz CT molecular complexity index is 2100. The maximum atomic E-state index is 12.4. The van der Waals surface area contributed by atoms with E-state index < -0.39 is 17.2 Å². The van der Waals surface area contributed by atoms with Gasteiger partial charge in [-0.15, -0.1) is 0 Å². The number of aromatic nitrogens is 2. The molecule has 2 fully saturated rings. The summed E-state index contributed by atoms with van der Waals surface area (Å²) in [7, 11) is 1.42. The number of ether oxygens (including phenoxy) is 3. The minimum atomic E-state index is -0.889. The molecular formula is C45H63N4NaO9. The van der Waals surface area contributed by atoms with Gasteiger partial charge in [-0.05, 0) is 119 Å². The number of carboxylic acids is 1. The zero-order chi connectivity index (χ0) is 42.0. The van der Waals surface area contributed by atoms with E-state index in [1.165, 1.54) is 7.11 Å². The van der Waals surface area contributed by atoms with Crippen molar-refractivity contribution < 1.29 is 73.5 Å². The van der Waals surface area contributed by atoms with E-state index in [0.29, 0.717) is 49.1 Å². The van der Waals surface area contributed by atoms with Crippen LogP contribution in [0.3, 0.4) is 0 Å². The van der Waals surface area contributed by atoms with Gasteiger partial charge in [-0.2, -0.15) is 0 Å². The zero-order valence-corrected chi connectivity index (χ0v) is 39.1. The van der Waals surface area contributed by atoms with Crippen molar-refractivity contribution in [2.45, 2.75) is 118 Å². The van der Waals surface area contributed by atoms with Gasteiger partial charge in [0.1, 0.15) is 11.2 Å². The Morgan fingerprint density at radius 3 is 1.32 bits per heavy atom. The van der Waals surface area contributed by atoms with Crippen LogP contribution in [0.15, 0.2) is 48.5 Å². The summed E-state index contributed by atoms with van der Waals surface area (Å²) < 4.78 is 20.4. The average Bonchev–Trinajstić information content (AvgIpc) is 3.62. The van der Waals surface area contributed by atoms with Gasteiger partial charge in [-0.1, -0.05) is 36.4 Å². The maximum absolute atomic E-state index is 12.4. The Labute approximate surface area is 370 Å². The first-order chi connectivity index (χ1) is 26.7. The quantitative estimate of drug-likeness (QED) is 0.128. The van der Waals surface area contributed by atoms with Crippen molar-refractivity contribution in [2.24, 2.45) is 11.8 Å². The summed E-state index contributed by atoms with van der Waals surface area (Å²) in [5.41, 5.74) is 3.78. The Morgan fingerprint density at radius 1 is 0.644 bits per heavy atom. The molecule has 4 aromatic rings. The fourth-order valence-electron chi connectivity index (χ4n) is 8.67. The number of para-hydroxylation sites is 2. The number of nitrogens with zero attached hydrogens (tertiary/aromatic N) is 4. The summed E-state index contributed by atoms with van der Waals surface area (Å²) in [5, 5.41) is 11.4. The van der Waals surface area contributed by atoms with Crippen LogP contribution in [0.4, 0.5) is 9.59 Å². The topological polar surface area (TPSA) is 163 Å². The molecule has 0 bridgehead atoms. The molecule has 2 saturated heterocycles. The number of rotatable bonds is 6. The molecule has 318 valence electrons. The predicted molar refractivity (Wildman–Crippen MR) is 224 cm³/mol. The first-order valence-corrected chi connectivity index (χ1v) is 20.2. The molecule has 2 unspecified atom stereocenters. The maximum Gasteiger partial charge on any atom is 1.00 e.